The number of fused-ring (bicyclic) bond motifs is 1. The topological polar surface area (TPSA) is 9.23 Å². The Labute approximate surface area is 199 Å². The number of rotatable bonds is 7. The molecule has 0 aliphatic heterocycles. The molecule has 0 saturated heterocycles. The van der Waals surface area contributed by atoms with E-state index in [1.165, 1.54) is 63.4 Å². The largest absolute Gasteiger partial charge is 0.309 e. The molecule has 29 heavy (non-hydrogen) atoms. The molecule has 174 valence electrons. The molecule has 5 unspecified atom stereocenters. The van der Waals surface area contributed by atoms with E-state index in [0.717, 1.165) is 17.8 Å². The maximum absolute atomic E-state index is 5.38. The smallest absolute Gasteiger partial charge is 0.110 e. The van der Waals surface area contributed by atoms with Crippen LogP contribution in [-0.4, -0.2) is 6.10 Å². The fraction of sp³-hybridized carbons (Fsp3) is 0.852. The van der Waals surface area contributed by atoms with Crippen LogP contribution in [0.25, 0.3) is 0 Å². The van der Waals surface area contributed by atoms with Gasteiger partial charge in [0.25, 0.3) is 0 Å². The van der Waals surface area contributed by atoms with Crippen molar-refractivity contribution >= 4 is 23.0 Å². The monoisotopic (exact) mass is 520 g/mol. The van der Waals surface area contributed by atoms with Crippen LogP contribution in [0.3, 0.4) is 0 Å². The molecular formula is C27H53IO. The summed E-state index contributed by atoms with van der Waals surface area (Å²) in [5.41, 5.74) is 3.60. The van der Waals surface area contributed by atoms with Crippen molar-refractivity contribution in [2.24, 2.45) is 23.2 Å². The highest BCUT2D eigenvalue weighted by Crippen LogP contribution is 2.58. The van der Waals surface area contributed by atoms with Crippen molar-refractivity contribution in [3.05, 3.63) is 23.8 Å². The third kappa shape index (κ3) is 9.89. The summed E-state index contributed by atoms with van der Waals surface area (Å²) < 4.78 is 5.38. The summed E-state index contributed by atoms with van der Waals surface area (Å²) in [7, 11) is 0. The Morgan fingerprint density at radius 3 is 2.38 bits per heavy atom. The lowest BCUT2D eigenvalue weighted by atomic mass is 9.63. The Morgan fingerprint density at radius 1 is 1.28 bits per heavy atom. The molecule has 0 bridgehead atoms. The average Bonchev–Trinajstić information content (AvgIpc) is 3.05. The first-order chi connectivity index (χ1) is 13.3. The normalized spacial score (nSPS) is 28.7. The van der Waals surface area contributed by atoms with E-state index in [4.69, 9.17) is 3.07 Å². The molecule has 0 amide bonds. The van der Waals surface area contributed by atoms with Crippen molar-refractivity contribution in [2.45, 2.75) is 127 Å². The van der Waals surface area contributed by atoms with Crippen LogP contribution >= 0.6 is 23.0 Å². The molecule has 5 atom stereocenters. The third-order valence-corrected chi connectivity index (χ3v) is 7.88. The van der Waals surface area contributed by atoms with Gasteiger partial charge in [0.05, 0.1) is 6.10 Å². The van der Waals surface area contributed by atoms with E-state index in [1.807, 2.05) is 36.9 Å². The summed E-state index contributed by atoms with van der Waals surface area (Å²) in [5, 5.41) is 0. The molecule has 0 spiro atoms. The van der Waals surface area contributed by atoms with E-state index in [-0.39, 0.29) is 13.5 Å². The second-order valence-electron chi connectivity index (χ2n) is 9.02. The fourth-order valence-corrected chi connectivity index (χ4v) is 5.25. The minimum atomic E-state index is 0. The maximum atomic E-state index is 5.38. The molecule has 0 radical (unpaired) electrons. The van der Waals surface area contributed by atoms with Gasteiger partial charge in [-0.05, 0) is 75.5 Å². The quantitative estimate of drug-likeness (QED) is 0.240. The Morgan fingerprint density at radius 2 is 1.90 bits per heavy atom. The first kappa shape index (κ1) is 31.4. The first-order valence-corrected chi connectivity index (χ1v) is 12.8. The summed E-state index contributed by atoms with van der Waals surface area (Å²) in [4.78, 5) is 0. The van der Waals surface area contributed by atoms with Crippen LogP contribution in [-0.2, 0) is 3.07 Å². The van der Waals surface area contributed by atoms with Crippen molar-refractivity contribution in [2.75, 3.05) is 0 Å². The van der Waals surface area contributed by atoms with E-state index >= 15 is 0 Å². The molecule has 0 N–H and O–H groups in total. The van der Waals surface area contributed by atoms with Crippen molar-refractivity contribution in [3.8, 4) is 0 Å². The molecule has 1 nitrogen and oxygen atoms in total. The number of hydrogen-bond donors (Lipinski definition) is 0. The lowest BCUT2D eigenvalue weighted by Crippen LogP contribution is -2.33. The van der Waals surface area contributed by atoms with Crippen LogP contribution < -0.4 is 0 Å². The van der Waals surface area contributed by atoms with Gasteiger partial charge in [-0.15, -0.1) is 0 Å². The van der Waals surface area contributed by atoms with Gasteiger partial charge >= 0.3 is 0 Å². The number of allylic oxidation sites excluding steroid dienone is 2. The highest BCUT2D eigenvalue weighted by Gasteiger charge is 2.48. The lowest BCUT2D eigenvalue weighted by Gasteiger charge is -2.42. The van der Waals surface area contributed by atoms with Crippen LogP contribution in [0.4, 0.5) is 0 Å². The van der Waals surface area contributed by atoms with Crippen LogP contribution in [0.1, 0.15) is 121 Å². The van der Waals surface area contributed by atoms with Gasteiger partial charge < -0.3 is 3.07 Å². The molecule has 2 saturated carbocycles. The molecule has 0 aromatic heterocycles. The third-order valence-electron chi connectivity index (χ3n) is 7.08. The van der Waals surface area contributed by atoms with E-state index in [0.29, 0.717) is 5.41 Å². The minimum absolute atomic E-state index is 0. The zero-order valence-corrected chi connectivity index (χ0v) is 22.4. The summed E-state index contributed by atoms with van der Waals surface area (Å²) in [5.74, 6) is 2.52. The highest BCUT2D eigenvalue weighted by molar-refractivity contribution is 14.1. The van der Waals surface area contributed by atoms with Gasteiger partial charge in [-0.2, -0.15) is 0 Å². The number of halogens is 1. The zero-order chi connectivity index (χ0) is 21.7. The maximum Gasteiger partial charge on any atom is 0.110 e. The predicted octanol–water partition coefficient (Wildman–Crippen LogP) is 10.3. The van der Waals surface area contributed by atoms with Crippen molar-refractivity contribution in [1.82, 2.24) is 0 Å². The van der Waals surface area contributed by atoms with Gasteiger partial charge in [0, 0.05) is 0 Å². The Kier molecular flexibility index (Phi) is 18.2. The van der Waals surface area contributed by atoms with Crippen LogP contribution in [0, 0.1) is 23.2 Å². The molecule has 0 aromatic carbocycles. The van der Waals surface area contributed by atoms with E-state index in [2.05, 4.69) is 54.2 Å². The van der Waals surface area contributed by atoms with Gasteiger partial charge in [-0.3, -0.25) is 0 Å². The SMILES string of the molecule is C.C=C(C)C(C)CCCC.CC.CCC1CCC2/C(=C/C(C)OI)CCCC12C. The van der Waals surface area contributed by atoms with Gasteiger partial charge in [-0.25, -0.2) is 0 Å². The van der Waals surface area contributed by atoms with Crippen molar-refractivity contribution in [3.63, 3.8) is 0 Å². The molecular weight excluding hydrogens is 467 g/mol. The Balaban J connectivity index is 0. The summed E-state index contributed by atoms with van der Waals surface area (Å²) in [6.07, 6.45) is 15.0. The second kappa shape index (κ2) is 16.8. The van der Waals surface area contributed by atoms with Crippen LogP contribution in [0.5, 0.6) is 0 Å². The second-order valence-corrected chi connectivity index (χ2v) is 9.53. The van der Waals surface area contributed by atoms with Crippen molar-refractivity contribution < 1.29 is 3.07 Å². The van der Waals surface area contributed by atoms with Gasteiger partial charge in [0.2, 0.25) is 0 Å². The molecule has 2 heteroatoms. The van der Waals surface area contributed by atoms with Gasteiger partial charge in [0.15, 0.2) is 0 Å². The van der Waals surface area contributed by atoms with Crippen LogP contribution in [0.2, 0.25) is 0 Å². The number of hydrogen-bond acceptors (Lipinski definition) is 1. The summed E-state index contributed by atoms with van der Waals surface area (Å²) in [6, 6.07) is 0. The molecule has 2 aliphatic carbocycles. The lowest BCUT2D eigenvalue weighted by molar-refractivity contribution is 0.131. The number of unbranched alkanes of at least 4 members (excludes halogenated alkanes) is 1. The zero-order valence-electron chi connectivity index (χ0n) is 20.2. The molecule has 2 aliphatic rings. The van der Waals surface area contributed by atoms with Crippen molar-refractivity contribution in [1.29, 1.82) is 0 Å². The molecule has 0 aromatic rings. The minimum Gasteiger partial charge on any atom is -0.309 e. The van der Waals surface area contributed by atoms with Gasteiger partial charge in [-0.1, -0.05) is 92.0 Å². The Hall–Kier alpha value is 0.170. The molecule has 2 rings (SSSR count). The van der Waals surface area contributed by atoms with E-state index in [9.17, 15) is 0 Å². The summed E-state index contributed by atoms with van der Waals surface area (Å²) in [6.45, 7) is 21.6. The average molecular weight is 521 g/mol. The summed E-state index contributed by atoms with van der Waals surface area (Å²) >= 11 is 2.02. The molecule has 2 fully saturated rings. The standard InChI is InChI=1S/C15H25IO.C9H18.C2H6.CH4/c1-4-13-7-8-14-12(10-11(2)17-16)6-5-9-15(13,14)3;1-5-6-7-9(4)8(2)3;1-2;/h10-11,13-14H,4-9H2,1-3H3;9H,2,5-7H2,1,3-4H3;1-2H3;1H4/b12-10+;;;. The Bertz CT molecular complexity index is 455. The van der Waals surface area contributed by atoms with Crippen LogP contribution in [0.15, 0.2) is 23.8 Å². The van der Waals surface area contributed by atoms with Gasteiger partial charge in [0.1, 0.15) is 23.0 Å². The predicted molar refractivity (Wildman–Crippen MR) is 143 cm³/mol. The highest BCUT2D eigenvalue weighted by atomic mass is 127. The molecule has 0 heterocycles. The van der Waals surface area contributed by atoms with E-state index < -0.39 is 0 Å². The first-order valence-electron chi connectivity index (χ1n) is 11.9. The fourth-order valence-electron chi connectivity index (χ4n) is 5.10. The van der Waals surface area contributed by atoms with E-state index in [1.54, 1.807) is 5.57 Å².